The van der Waals surface area contributed by atoms with Crippen molar-refractivity contribution in [3.8, 4) is 5.75 Å². The fraction of sp³-hybridized carbons (Fsp3) is 0.381. The summed E-state index contributed by atoms with van der Waals surface area (Å²) in [7, 11) is 0. The van der Waals surface area contributed by atoms with Crippen molar-refractivity contribution in [1.29, 1.82) is 0 Å². The van der Waals surface area contributed by atoms with E-state index in [4.69, 9.17) is 4.74 Å². The van der Waals surface area contributed by atoms with Gasteiger partial charge in [-0.3, -0.25) is 4.90 Å². The smallest absolute Gasteiger partial charge is 0.428 e. The Morgan fingerprint density at radius 2 is 1.74 bits per heavy atom. The molecule has 2 saturated heterocycles. The van der Waals surface area contributed by atoms with Crippen molar-refractivity contribution in [2.75, 3.05) is 24.6 Å². The number of carbonyl (C=O) groups excluding carboxylic acids is 1. The first-order chi connectivity index (χ1) is 14.7. The van der Waals surface area contributed by atoms with Crippen molar-refractivity contribution < 1.29 is 36.2 Å². The maximum Gasteiger partial charge on any atom is 0.461 e. The van der Waals surface area contributed by atoms with Gasteiger partial charge in [0.25, 0.3) is 0 Å². The van der Waals surface area contributed by atoms with Crippen LogP contribution >= 0.6 is 0 Å². The standard InChI is InChI=1S/C21H19F5N2O3/c1-13(20(12-30-20)16-4-2-3-5-17(16)22)27-10-11-28(19(27)29)14-6-8-15(9-7-14)31-21(25,26)18(23)24/h2-9,13,18H,10-12H2,1H3/t13-,20+/m1/s1. The predicted molar refractivity (Wildman–Crippen MR) is 101 cm³/mol. The number of halogens is 5. The Balaban J connectivity index is 1.48. The summed E-state index contributed by atoms with van der Waals surface area (Å²) in [4.78, 5) is 16.0. The van der Waals surface area contributed by atoms with Crippen molar-refractivity contribution in [2.45, 2.75) is 31.1 Å². The molecule has 10 heteroatoms. The third-order valence-electron chi connectivity index (χ3n) is 5.62. The van der Waals surface area contributed by atoms with Crippen molar-refractivity contribution >= 4 is 11.7 Å². The first-order valence-corrected chi connectivity index (χ1v) is 9.58. The van der Waals surface area contributed by atoms with E-state index in [1.807, 2.05) is 0 Å². The van der Waals surface area contributed by atoms with E-state index in [-0.39, 0.29) is 12.6 Å². The lowest BCUT2D eigenvalue weighted by atomic mass is 9.91. The van der Waals surface area contributed by atoms with Gasteiger partial charge >= 0.3 is 18.6 Å². The molecule has 5 nitrogen and oxygen atoms in total. The van der Waals surface area contributed by atoms with Crippen molar-refractivity contribution in [3.63, 3.8) is 0 Å². The van der Waals surface area contributed by atoms with Gasteiger partial charge in [0.05, 0.1) is 12.6 Å². The molecule has 166 valence electrons. The highest BCUT2D eigenvalue weighted by Crippen LogP contribution is 2.46. The van der Waals surface area contributed by atoms with Gasteiger partial charge in [-0.2, -0.15) is 17.6 Å². The fourth-order valence-corrected chi connectivity index (χ4v) is 3.80. The number of hydrogen-bond acceptors (Lipinski definition) is 3. The molecule has 2 amide bonds. The second-order valence-corrected chi connectivity index (χ2v) is 7.42. The van der Waals surface area contributed by atoms with Crippen LogP contribution in [0.25, 0.3) is 0 Å². The third-order valence-corrected chi connectivity index (χ3v) is 5.62. The molecule has 0 N–H and O–H groups in total. The molecular formula is C21H19F5N2O3. The number of alkyl halides is 4. The Bertz CT molecular complexity index is 966. The number of anilines is 1. The Morgan fingerprint density at radius 3 is 2.32 bits per heavy atom. The van der Waals surface area contributed by atoms with Gasteiger partial charge < -0.3 is 14.4 Å². The maximum atomic E-state index is 14.3. The molecular weight excluding hydrogens is 423 g/mol. The number of amides is 2. The summed E-state index contributed by atoms with van der Waals surface area (Å²) < 4.78 is 74.6. The van der Waals surface area contributed by atoms with E-state index in [1.54, 1.807) is 30.0 Å². The number of urea groups is 1. The molecule has 2 aliphatic heterocycles. The molecule has 0 saturated carbocycles. The molecule has 0 spiro atoms. The molecule has 2 fully saturated rings. The van der Waals surface area contributed by atoms with Crippen molar-refractivity contribution in [3.05, 3.63) is 59.9 Å². The zero-order chi connectivity index (χ0) is 22.4. The number of hydrogen-bond donors (Lipinski definition) is 0. The molecule has 0 aliphatic carbocycles. The molecule has 4 rings (SSSR count). The highest BCUT2D eigenvalue weighted by atomic mass is 19.3. The maximum absolute atomic E-state index is 14.3. The average molecular weight is 442 g/mol. The highest BCUT2D eigenvalue weighted by molar-refractivity contribution is 5.94. The van der Waals surface area contributed by atoms with Gasteiger partial charge in [0.2, 0.25) is 0 Å². The number of nitrogens with zero attached hydrogens (tertiary/aromatic N) is 2. The largest absolute Gasteiger partial charge is 0.461 e. The quantitative estimate of drug-likeness (QED) is 0.465. The Kier molecular flexibility index (Phi) is 5.28. The Hall–Kier alpha value is -2.88. The zero-order valence-electron chi connectivity index (χ0n) is 16.4. The summed E-state index contributed by atoms with van der Waals surface area (Å²) in [5.41, 5.74) is -0.144. The fourth-order valence-electron chi connectivity index (χ4n) is 3.80. The van der Waals surface area contributed by atoms with Gasteiger partial charge in [-0.05, 0) is 37.3 Å². The van der Waals surface area contributed by atoms with Gasteiger partial charge in [0, 0.05) is 24.3 Å². The minimum atomic E-state index is -4.61. The van der Waals surface area contributed by atoms with Crippen LogP contribution in [0, 0.1) is 5.82 Å². The van der Waals surface area contributed by atoms with E-state index in [2.05, 4.69) is 4.74 Å². The lowest BCUT2D eigenvalue weighted by Crippen LogP contribution is -2.45. The second-order valence-electron chi connectivity index (χ2n) is 7.42. The van der Waals surface area contributed by atoms with Crippen LogP contribution in [0.2, 0.25) is 0 Å². The lowest BCUT2D eigenvalue weighted by Gasteiger charge is -2.30. The van der Waals surface area contributed by atoms with Crippen LogP contribution in [-0.4, -0.2) is 49.2 Å². The molecule has 2 aromatic rings. The normalized spacial score (nSPS) is 22.2. The average Bonchev–Trinajstić information content (AvgIpc) is 3.45. The Morgan fingerprint density at radius 1 is 1.10 bits per heavy atom. The van der Waals surface area contributed by atoms with Crippen molar-refractivity contribution in [1.82, 2.24) is 4.90 Å². The van der Waals surface area contributed by atoms with Gasteiger partial charge in [0.15, 0.2) is 0 Å². The van der Waals surface area contributed by atoms with E-state index in [9.17, 15) is 26.7 Å². The van der Waals surface area contributed by atoms with E-state index >= 15 is 0 Å². The Labute approximate surface area is 174 Å². The number of benzene rings is 2. The molecule has 2 heterocycles. The molecule has 0 aromatic heterocycles. The lowest BCUT2D eigenvalue weighted by molar-refractivity contribution is -0.253. The molecule has 0 bridgehead atoms. The molecule has 0 radical (unpaired) electrons. The van der Waals surface area contributed by atoms with E-state index < -0.39 is 35.7 Å². The van der Waals surface area contributed by atoms with Crippen LogP contribution in [0.4, 0.5) is 32.4 Å². The zero-order valence-corrected chi connectivity index (χ0v) is 16.4. The monoisotopic (exact) mass is 442 g/mol. The van der Waals surface area contributed by atoms with Crippen LogP contribution in [-0.2, 0) is 10.3 Å². The predicted octanol–water partition coefficient (Wildman–Crippen LogP) is 4.62. The molecule has 2 atom stereocenters. The molecule has 2 aliphatic rings. The van der Waals surface area contributed by atoms with Crippen LogP contribution in [0.15, 0.2) is 48.5 Å². The van der Waals surface area contributed by atoms with E-state index in [1.165, 1.54) is 23.1 Å². The SMILES string of the molecule is C[C@@H](N1CCN(c2ccc(OC(F)(F)C(F)F)cc2)C1=O)[C@]1(c2ccccc2F)CO1. The van der Waals surface area contributed by atoms with Gasteiger partial charge in [0.1, 0.15) is 17.2 Å². The first kappa shape index (κ1) is 21.4. The van der Waals surface area contributed by atoms with Crippen LogP contribution in [0.5, 0.6) is 5.75 Å². The van der Waals surface area contributed by atoms with Crippen LogP contribution in [0.3, 0.4) is 0 Å². The third kappa shape index (κ3) is 3.80. The van der Waals surface area contributed by atoms with Gasteiger partial charge in [-0.15, -0.1) is 0 Å². The van der Waals surface area contributed by atoms with Gasteiger partial charge in [-0.1, -0.05) is 18.2 Å². The van der Waals surface area contributed by atoms with E-state index in [0.717, 1.165) is 12.1 Å². The molecule has 31 heavy (non-hydrogen) atoms. The molecule has 0 unspecified atom stereocenters. The van der Waals surface area contributed by atoms with Gasteiger partial charge in [-0.25, -0.2) is 9.18 Å². The highest BCUT2D eigenvalue weighted by Gasteiger charge is 2.56. The summed E-state index contributed by atoms with van der Waals surface area (Å²) in [5.74, 6) is -0.859. The first-order valence-electron chi connectivity index (χ1n) is 9.58. The summed E-state index contributed by atoms with van der Waals surface area (Å²) in [6, 6.07) is 10.3. The number of rotatable bonds is 7. The summed E-state index contributed by atoms with van der Waals surface area (Å²) in [5, 5.41) is 0. The summed E-state index contributed by atoms with van der Waals surface area (Å²) in [6.07, 6.45) is -8.57. The number of epoxide rings is 1. The van der Waals surface area contributed by atoms with E-state index in [0.29, 0.717) is 24.3 Å². The number of carbonyl (C=O) groups is 1. The number of ether oxygens (including phenoxy) is 2. The van der Waals surface area contributed by atoms with Crippen molar-refractivity contribution in [2.24, 2.45) is 0 Å². The van der Waals surface area contributed by atoms with Crippen LogP contribution in [0.1, 0.15) is 12.5 Å². The minimum absolute atomic E-state index is 0.281. The molecule has 2 aromatic carbocycles. The van der Waals surface area contributed by atoms with Crippen LogP contribution < -0.4 is 9.64 Å². The minimum Gasteiger partial charge on any atom is -0.428 e. The topological polar surface area (TPSA) is 45.3 Å². The second kappa shape index (κ2) is 7.67. The summed E-state index contributed by atoms with van der Waals surface area (Å²) >= 11 is 0. The summed E-state index contributed by atoms with van der Waals surface area (Å²) in [6.45, 7) is 2.72.